The first-order valence-corrected chi connectivity index (χ1v) is 9.48. The van der Waals surface area contributed by atoms with Crippen molar-refractivity contribution in [2.75, 3.05) is 19.6 Å². The zero-order chi connectivity index (χ0) is 18.0. The number of amides is 2. The maximum Gasteiger partial charge on any atom is 0.406 e. The second-order valence-electron chi connectivity index (χ2n) is 7.86. The van der Waals surface area contributed by atoms with E-state index in [2.05, 4.69) is 0 Å². The Morgan fingerprint density at radius 3 is 2.48 bits per heavy atom. The van der Waals surface area contributed by atoms with Crippen LogP contribution in [-0.4, -0.2) is 53.5 Å². The van der Waals surface area contributed by atoms with Crippen LogP contribution in [-0.2, 0) is 9.59 Å². The minimum absolute atomic E-state index is 0.0818. The maximum atomic E-state index is 12.8. The molecule has 2 aliphatic heterocycles. The van der Waals surface area contributed by atoms with E-state index in [9.17, 15) is 22.8 Å². The maximum absolute atomic E-state index is 12.8. The second-order valence-corrected chi connectivity index (χ2v) is 7.86. The number of hydrogen-bond acceptors (Lipinski definition) is 2. The van der Waals surface area contributed by atoms with Crippen molar-refractivity contribution < 1.29 is 22.8 Å². The Morgan fingerprint density at radius 1 is 1.08 bits per heavy atom. The summed E-state index contributed by atoms with van der Waals surface area (Å²) in [4.78, 5) is 27.3. The molecule has 1 aliphatic carbocycles. The number of halogens is 3. The Balaban J connectivity index is 1.57. The molecule has 2 saturated heterocycles. The predicted octanol–water partition coefficient (Wildman–Crippen LogP) is 3.36. The fourth-order valence-corrected chi connectivity index (χ4v) is 4.72. The topological polar surface area (TPSA) is 40.6 Å². The van der Waals surface area contributed by atoms with Gasteiger partial charge in [0, 0.05) is 25.6 Å². The van der Waals surface area contributed by atoms with E-state index in [1.165, 1.54) is 32.1 Å². The third-order valence-electron chi connectivity index (χ3n) is 5.92. The number of rotatable bonds is 4. The molecule has 3 aliphatic rings. The van der Waals surface area contributed by atoms with Gasteiger partial charge in [-0.25, -0.2) is 0 Å². The zero-order valence-corrected chi connectivity index (χ0v) is 14.6. The van der Waals surface area contributed by atoms with Crippen LogP contribution in [0.5, 0.6) is 0 Å². The fraction of sp³-hybridized carbons (Fsp3) is 0.889. The summed E-state index contributed by atoms with van der Waals surface area (Å²) in [5, 5.41) is 0. The number of carbonyl (C=O) groups is 2. The van der Waals surface area contributed by atoms with Gasteiger partial charge in [-0.1, -0.05) is 32.1 Å². The molecule has 142 valence electrons. The molecule has 0 aromatic carbocycles. The van der Waals surface area contributed by atoms with Crippen molar-refractivity contribution in [2.24, 2.45) is 11.8 Å². The second kappa shape index (κ2) is 7.54. The average molecular weight is 360 g/mol. The molecule has 3 rings (SSSR count). The molecule has 7 heteroatoms. The standard InChI is InChI=1S/C18H27F3N2O2/c19-18(20,21)12-22-11-14(10-16(22)24)17(25)23-8-4-7-15(23)9-13-5-2-1-3-6-13/h13-15H,1-12H2/t14-,15-/m1/s1. The van der Waals surface area contributed by atoms with Crippen LogP contribution in [0.4, 0.5) is 13.2 Å². The molecule has 3 fully saturated rings. The number of hydrogen-bond donors (Lipinski definition) is 0. The van der Waals surface area contributed by atoms with Crippen molar-refractivity contribution >= 4 is 11.8 Å². The third kappa shape index (κ3) is 4.67. The molecule has 0 bridgehead atoms. The molecule has 2 amide bonds. The molecule has 2 heterocycles. The number of likely N-dealkylation sites (tertiary alicyclic amines) is 2. The van der Waals surface area contributed by atoms with Crippen LogP contribution in [0.15, 0.2) is 0 Å². The van der Waals surface area contributed by atoms with Crippen molar-refractivity contribution in [3.8, 4) is 0 Å². The summed E-state index contributed by atoms with van der Waals surface area (Å²) in [7, 11) is 0. The fourth-order valence-electron chi connectivity index (χ4n) is 4.72. The number of alkyl halides is 3. The highest BCUT2D eigenvalue weighted by Crippen LogP contribution is 2.34. The summed E-state index contributed by atoms with van der Waals surface area (Å²) in [6, 6.07) is 0.211. The van der Waals surface area contributed by atoms with Crippen LogP contribution in [0.1, 0.15) is 57.8 Å². The lowest BCUT2D eigenvalue weighted by molar-refractivity contribution is -0.157. The highest BCUT2D eigenvalue weighted by molar-refractivity contribution is 5.89. The van der Waals surface area contributed by atoms with E-state index >= 15 is 0 Å². The molecule has 1 saturated carbocycles. The van der Waals surface area contributed by atoms with Gasteiger partial charge in [-0.3, -0.25) is 9.59 Å². The van der Waals surface area contributed by atoms with Gasteiger partial charge in [0.05, 0.1) is 5.92 Å². The highest BCUT2D eigenvalue weighted by Gasteiger charge is 2.43. The Morgan fingerprint density at radius 2 is 1.80 bits per heavy atom. The smallest absolute Gasteiger partial charge is 0.339 e. The van der Waals surface area contributed by atoms with E-state index < -0.39 is 24.5 Å². The van der Waals surface area contributed by atoms with Gasteiger partial charge in [0.15, 0.2) is 0 Å². The van der Waals surface area contributed by atoms with Gasteiger partial charge in [0.25, 0.3) is 0 Å². The van der Waals surface area contributed by atoms with Crippen molar-refractivity contribution in [3.63, 3.8) is 0 Å². The van der Waals surface area contributed by atoms with Crippen LogP contribution in [0, 0.1) is 11.8 Å². The van der Waals surface area contributed by atoms with Crippen molar-refractivity contribution in [1.82, 2.24) is 9.80 Å². The Labute approximate surface area is 146 Å². The van der Waals surface area contributed by atoms with Crippen LogP contribution < -0.4 is 0 Å². The monoisotopic (exact) mass is 360 g/mol. The lowest BCUT2D eigenvalue weighted by Gasteiger charge is -2.31. The van der Waals surface area contributed by atoms with E-state index in [-0.39, 0.29) is 24.9 Å². The van der Waals surface area contributed by atoms with Crippen LogP contribution >= 0.6 is 0 Å². The summed E-state index contributed by atoms with van der Waals surface area (Å²) in [6.07, 6.45) is 4.71. The van der Waals surface area contributed by atoms with E-state index in [0.29, 0.717) is 12.5 Å². The largest absolute Gasteiger partial charge is 0.406 e. The van der Waals surface area contributed by atoms with Gasteiger partial charge in [-0.15, -0.1) is 0 Å². The third-order valence-corrected chi connectivity index (χ3v) is 5.92. The molecule has 0 radical (unpaired) electrons. The minimum atomic E-state index is -4.41. The van der Waals surface area contributed by atoms with Crippen molar-refractivity contribution in [3.05, 3.63) is 0 Å². The molecule has 2 atom stereocenters. The first-order chi connectivity index (χ1) is 11.8. The number of carbonyl (C=O) groups excluding carboxylic acids is 2. The molecule has 4 nitrogen and oxygen atoms in total. The predicted molar refractivity (Wildman–Crippen MR) is 86.7 cm³/mol. The summed E-state index contributed by atoms with van der Waals surface area (Å²) < 4.78 is 37.6. The molecule has 25 heavy (non-hydrogen) atoms. The van der Waals surface area contributed by atoms with Crippen molar-refractivity contribution in [1.29, 1.82) is 0 Å². The van der Waals surface area contributed by atoms with E-state index in [0.717, 1.165) is 24.2 Å². The first kappa shape index (κ1) is 18.5. The van der Waals surface area contributed by atoms with Gasteiger partial charge in [-0.05, 0) is 25.2 Å². The molecule has 0 spiro atoms. The molecule has 0 aromatic heterocycles. The normalized spacial score (nSPS) is 28.8. The van der Waals surface area contributed by atoms with E-state index in [1.54, 1.807) is 0 Å². The Kier molecular flexibility index (Phi) is 5.58. The van der Waals surface area contributed by atoms with Gasteiger partial charge < -0.3 is 9.80 Å². The first-order valence-electron chi connectivity index (χ1n) is 9.48. The minimum Gasteiger partial charge on any atom is -0.339 e. The summed E-state index contributed by atoms with van der Waals surface area (Å²) in [6.45, 7) is -0.662. The summed E-state index contributed by atoms with van der Waals surface area (Å²) in [5.74, 6) is -0.615. The average Bonchev–Trinajstić information content (AvgIpc) is 3.14. The lowest BCUT2D eigenvalue weighted by Crippen LogP contribution is -2.42. The summed E-state index contributed by atoms with van der Waals surface area (Å²) in [5.41, 5.74) is 0. The zero-order valence-electron chi connectivity index (χ0n) is 14.6. The number of nitrogens with zero attached hydrogens (tertiary/aromatic N) is 2. The molecular weight excluding hydrogens is 333 g/mol. The Bertz CT molecular complexity index is 503. The van der Waals surface area contributed by atoms with Crippen LogP contribution in [0.3, 0.4) is 0 Å². The van der Waals surface area contributed by atoms with Gasteiger partial charge >= 0.3 is 6.18 Å². The summed E-state index contributed by atoms with van der Waals surface area (Å²) >= 11 is 0. The molecule has 0 unspecified atom stereocenters. The van der Waals surface area contributed by atoms with Crippen molar-refractivity contribution in [2.45, 2.75) is 70.0 Å². The van der Waals surface area contributed by atoms with Crippen LogP contribution in [0.2, 0.25) is 0 Å². The quantitative estimate of drug-likeness (QED) is 0.771. The van der Waals surface area contributed by atoms with E-state index in [4.69, 9.17) is 0 Å². The SMILES string of the molecule is O=C1C[C@@H](C(=O)N2CCC[C@@H]2CC2CCCCC2)CN1CC(F)(F)F. The van der Waals surface area contributed by atoms with Crippen LogP contribution in [0.25, 0.3) is 0 Å². The highest BCUT2D eigenvalue weighted by atomic mass is 19.4. The molecule has 0 aromatic rings. The van der Waals surface area contributed by atoms with Gasteiger partial charge in [0.2, 0.25) is 11.8 Å². The van der Waals surface area contributed by atoms with Gasteiger partial charge in [0.1, 0.15) is 6.54 Å². The Hall–Kier alpha value is -1.27. The van der Waals surface area contributed by atoms with Gasteiger partial charge in [-0.2, -0.15) is 13.2 Å². The van der Waals surface area contributed by atoms with E-state index in [1.807, 2.05) is 4.90 Å². The lowest BCUT2D eigenvalue weighted by atomic mass is 9.84. The molecular formula is C18H27F3N2O2. The molecule has 0 N–H and O–H groups in total.